The Balaban J connectivity index is 1.44. The average Bonchev–Trinajstić information content (AvgIpc) is 3.46. The maximum atomic E-state index is 12.2. The molecule has 4 aromatic rings. The number of carbonyl (C=O) groups is 1. The third kappa shape index (κ3) is 4.01. The van der Waals surface area contributed by atoms with Gasteiger partial charge in [0.1, 0.15) is 17.9 Å². The minimum atomic E-state index is 0.0615. The van der Waals surface area contributed by atoms with Gasteiger partial charge in [0.15, 0.2) is 0 Å². The molecule has 6 heteroatoms. The van der Waals surface area contributed by atoms with Crippen LogP contribution in [0.2, 0.25) is 0 Å². The first-order valence-electron chi connectivity index (χ1n) is 11.0. The lowest BCUT2D eigenvalue weighted by Crippen LogP contribution is -2.32. The molecular weight excluding hydrogens is 400 g/mol. The quantitative estimate of drug-likeness (QED) is 0.462. The Morgan fingerprint density at radius 1 is 1.03 bits per heavy atom. The fraction of sp³-hybridized carbons (Fsp3) is 0.269. The van der Waals surface area contributed by atoms with Crippen molar-refractivity contribution in [2.45, 2.75) is 13.0 Å². The lowest BCUT2D eigenvalue weighted by molar-refractivity contribution is -0.134. The Hall–Kier alpha value is -3.51. The van der Waals surface area contributed by atoms with Crippen LogP contribution in [0.4, 0.5) is 0 Å². The number of amides is 1. The van der Waals surface area contributed by atoms with Crippen molar-refractivity contribution < 1.29 is 9.53 Å². The number of imidazole rings is 1. The first kappa shape index (κ1) is 20.4. The van der Waals surface area contributed by atoms with Crippen molar-refractivity contribution in [1.29, 1.82) is 0 Å². The van der Waals surface area contributed by atoms with E-state index >= 15 is 0 Å². The van der Waals surface area contributed by atoms with Crippen LogP contribution in [0.5, 0.6) is 0 Å². The lowest BCUT2D eigenvalue weighted by Gasteiger charge is -2.17. The van der Waals surface area contributed by atoms with Crippen LogP contribution >= 0.6 is 0 Å². The number of nitrogens with zero attached hydrogens (tertiary/aromatic N) is 4. The van der Waals surface area contributed by atoms with Crippen LogP contribution in [0.1, 0.15) is 6.42 Å². The Kier molecular flexibility index (Phi) is 5.69. The van der Waals surface area contributed by atoms with Crippen molar-refractivity contribution in [2.75, 3.05) is 26.8 Å². The van der Waals surface area contributed by atoms with Crippen molar-refractivity contribution in [3.63, 3.8) is 0 Å². The lowest BCUT2D eigenvalue weighted by atomic mass is 10.0. The molecule has 162 valence electrons. The van der Waals surface area contributed by atoms with Crippen LogP contribution in [-0.4, -0.2) is 52.1 Å². The molecule has 1 amide bonds. The number of methoxy groups -OCH3 is 1. The zero-order chi connectivity index (χ0) is 21.9. The summed E-state index contributed by atoms with van der Waals surface area (Å²) in [5, 5.41) is 0. The standard InChI is InChI=1S/C26H26N4O2/c1-32-18-25(31)29-14-12-19(16-29)17-30-24-11-13-27-15-23(24)28-26(30)22-9-7-21(8-10-22)20-5-3-2-4-6-20/h2-11,13,15,19H,12,14,16-18H2,1H3. The minimum Gasteiger partial charge on any atom is -0.375 e. The smallest absolute Gasteiger partial charge is 0.248 e. The van der Waals surface area contributed by atoms with Crippen molar-refractivity contribution in [3.05, 3.63) is 73.1 Å². The predicted octanol–water partition coefficient (Wildman–Crippen LogP) is 4.26. The van der Waals surface area contributed by atoms with Crippen molar-refractivity contribution in [2.24, 2.45) is 5.92 Å². The molecule has 1 aliphatic heterocycles. The van der Waals surface area contributed by atoms with Crippen LogP contribution in [0.25, 0.3) is 33.5 Å². The van der Waals surface area contributed by atoms with Gasteiger partial charge in [0.05, 0.1) is 11.7 Å². The highest BCUT2D eigenvalue weighted by Crippen LogP contribution is 2.29. The Morgan fingerprint density at radius 3 is 2.56 bits per heavy atom. The molecule has 0 bridgehead atoms. The molecule has 6 nitrogen and oxygen atoms in total. The van der Waals surface area contributed by atoms with Crippen LogP contribution < -0.4 is 0 Å². The van der Waals surface area contributed by atoms with Gasteiger partial charge in [0.2, 0.25) is 5.91 Å². The second kappa shape index (κ2) is 8.93. The van der Waals surface area contributed by atoms with Gasteiger partial charge in [-0.15, -0.1) is 0 Å². The largest absolute Gasteiger partial charge is 0.375 e. The third-order valence-corrected chi connectivity index (χ3v) is 6.15. The molecule has 32 heavy (non-hydrogen) atoms. The van der Waals surface area contributed by atoms with E-state index in [9.17, 15) is 4.79 Å². The molecule has 2 aromatic heterocycles. The Bertz CT molecular complexity index is 1220. The number of rotatable bonds is 6. The van der Waals surface area contributed by atoms with Gasteiger partial charge in [0, 0.05) is 38.5 Å². The van der Waals surface area contributed by atoms with E-state index in [-0.39, 0.29) is 12.5 Å². The predicted molar refractivity (Wildman–Crippen MR) is 125 cm³/mol. The zero-order valence-corrected chi connectivity index (χ0v) is 18.1. The van der Waals surface area contributed by atoms with Crippen LogP contribution in [0, 0.1) is 5.92 Å². The molecule has 0 spiro atoms. The number of hydrogen-bond acceptors (Lipinski definition) is 4. The Morgan fingerprint density at radius 2 is 1.78 bits per heavy atom. The fourth-order valence-electron chi connectivity index (χ4n) is 4.51. The van der Waals surface area contributed by atoms with E-state index in [1.807, 2.05) is 29.4 Å². The topological polar surface area (TPSA) is 60.2 Å². The number of aromatic nitrogens is 3. The third-order valence-electron chi connectivity index (χ3n) is 6.15. The number of ether oxygens (including phenoxy) is 1. The summed E-state index contributed by atoms with van der Waals surface area (Å²) in [6, 6.07) is 21.0. The summed E-state index contributed by atoms with van der Waals surface area (Å²) < 4.78 is 7.30. The van der Waals surface area contributed by atoms with E-state index in [4.69, 9.17) is 9.72 Å². The van der Waals surface area contributed by atoms with Gasteiger partial charge < -0.3 is 14.2 Å². The van der Waals surface area contributed by atoms with Crippen LogP contribution in [0.15, 0.2) is 73.1 Å². The molecule has 1 atom stereocenters. The second-order valence-electron chi connectivity index (χ2n) is 8.28. The van der Waals surface area contributed by atoms with E-state index in [1.165, 1.54) is 11.1 Å². The molecule has 0 aliphatic carbocycles. The molecule has 1 fully saturated rings. The summed E-state index contributed by atoms with van der Waals surface area (Å²) in [5.41, 5.74) is 5.42. The van der Waals surface area contributed by atoms with Crippen molar-refractivity contribution in [3.8, 4) is 22.5 Å². The normalized spacial score (nSPS) is 16.0. The summed E-state index contributed by atoms with van der Waals surface area (Å²) in [4.78, 5) is 23.3. The number of benzene rings is 2. The van der Waals surface area contributed by atoms with Gasteiger partial charge in [-0.25, -0.2) is 4.98 Å². The average molecular weight is 427 g/mol. The van der Waals surface area contributed by atoms with Crippen molar-refractivity contribution in [1.82, 2.24) is 19.4 Å². The number of fused-ring (bicyclic) bond motifs is 1. The molecule has 0 saturated carbocycles. The Labute approximate surface area is 187 Å². The minimum absolute atomic E-state index is 0.0615. The summed E-state index contributed by atoms with van der Waals surface area (Å²) in [7, 11) is 1.56. The van der Waals surface area contributed by atoms with E-state index in [1.54, 1.807) is 7.11 Å². The highest BCUT2D eigenvalue weighted by molar-refractivity contribution is 5.80. The maximum Gasteiger partial charge on any atom is 0.248 e. The maximum absolute atomic E-state index is 12.2. The number of likely N-dealkylation sites (tertiary alicyclic amines) is 1. The fourth-order valence-corrected chi connectivity index (χ4v) is 4.51. The van der Waals surface area contributed by atoms with E-state index < -0.39 is 0 Å². The molecule has 3 heterocycles. The monoisotopic (exact) mass is 426 g/mol. The highest BCUT2D eigenvalue weighted by atomic mass is 16.5. The SMILES string of the molecule is COCC(=O)N1CCC(Cn2c(-c3ccc(-c4ccccc4)cc3)nc3cnccc32)C1. The molecule has 0 radical (unpaired) electrons. The summed E-state index contributed by atoms with van der Waals surface area (Å²) in [6.07, 6.45) is 4.61. The molecule has 1 unspecified atom stereocenters. The van der Waals surface area contributed by atoms with E-state index in [2.05, 4.69) is 58.1 Å². The van der Waals surface area contributed by atoms with E-state index in [0.29, 0.717) is 5.92 Å². The van der Waals surface area contributed by atoms with Gasteiger partial charge in [-0.1, -0.05) is 54.6 Å². The van der Waals surface area contributed by atoms with Gasteiger partial charge in [0.25, 0.3) is 0 Å². The second-order valence-corrected chi connectivity index (χ2v) is 8.28. The molecule has 1 saturated heterocycles. The van der Waals surface area contributed by atoms with Gasteiger partial charge in [-0.05, 0) is 29.5 Å². The summed E-state index contributed by atoms with van der Waals surface area (Å²) in [6.45, 7) is 2.49. The number of pyridine rings is 1. The summed E-state index contributed by atoms with van der Waals surface area (Å²) in [5.74, 6) is 1.38. The number of carbonyl (C=O) groups excluding carboxylic acids is 1. The first-order valence-corrected chi connectivity index (χ1v) is 11.0. The molecule has 2 aromatic carbocycles. The zero-order valence-electron chi connectivity index (χ0n) is 18.1. The molecular formula is C26H26N4O2. The molecule has 5 rings (SSSR count). The van der Waals surface area contributed by atoms with Crippen LogP contribution in [-0.2, 0) is 16.1 Å². The molecule has 1 aliphatic rings. The number of hydrogen-bond donors (Lipinski definition) is 0. The van der Waals surface area contributed by atoms with E-state index in [0.717, 1.165) is 48.5 Å². The van der Waals surface area contributed by atoms with Crippen LogP contribution in [0.3, 0.4) is 0 Å². The highest BCUT2D eigenvalue weighted by Gasteiger charge is 2.27. The van der Waals surface area contributed by atoms with Gasteiger partial charge >= 0.3 is 0 Å². The van der Waals surface area contributed by atoms with Crippen molar-refractivity contribution >= 4 is 16.9 Å². The first-order chi connectivity index (χ1) is 15.7. The van der Waals surface area contributed by atoms with Gasteiger partial charge in [-0.2, -0.15) is 0 Å². The summed E-state index contributed by atoms with van der Waals surface area (Å²) >= 11 is 0. The molecule has 0 N–H and O–H groups in total. The van der Waals surface area contributed by atoms with Gasteiger partial charge in [-0.3, -0.25) is 9.78 Å².